The van der Waals surface area contributed by atoms with Gasteiger partial charge in [-0.25, -0.2) is 13.6 Å². The summed E-state index contributed by atoms with van der Waals surface area (Å²) in [4.78, 5) is 13.7. The van der Waals surface area contributed by atoms with E-state index in [4.69, 9.17) is 5.14 Å². The van der Waals surface area contributed by atoms with Gasteiger partial charge in [-0.3, -0.25) is 10.1 Å². The fraction of sp³-hybridized carbons (Fsp3) is 0.333. The highest BCUT2D eigenvalue weighted by Gasteiger charge is 2.19. The zero-order chi connectivity index (χ0) is 20.7. The number of hydrogen-bond acceptors (Lipinski definition) is 7. The first-order valence-corrected chi connectivity index (χ1v) is 11.1. The predicted octanol–water partition coefficient (Wildman–Crippen LogP) is 2.77. The molecule has 8 nitrogen and oxygen atoms in total. The molecule has 0 heterocycles. The fourth-order valence-corrected chi connectivity index (χ4v) is 4.30. The standard InChI is InChI=1S/C18H24N4O4S2/c1-21(2)14(13-27-15-6-4-3-5-7-15)10-11-20-17-9-8-16(28(19,25)26)12-18(17)22(23)24/h3-9,12,14,20H,10-11,13H2,1-2H3,(H2,19,25,26). The van der Waals surface area contributed by atoms with Gasteiger partial charge in [0.05, 0.1) is 9.82 Å². The number of nitrogens with two attached hydrogens (primary N) is 1. The van der Waals surface area contributed by atoms with Gasteiger partial charge in [0.25, 0.3) is 5.69 Å². The molecule has 0 bridgehead atoms. The molecule has 0 aromatic heterocycles. The number of rotatable bonds is 10. The topological polar surface area (TPSA) is 119 Å². The Labute approximate surface area is 169 Å². The van der Waals surface area contributed by atoms with E-state index >= 15 is 0 Å². The number of anilines is 1. The zero-order valence-electron chi connectivity index (χ0n) is 15.7. The van der Waals surface area contributed by atoms with Crippen LogP contribution in [-0.2, 0) is 10.0 Å². The molecular weight excluding hydrogens is 400 g/mol. The van der Waals surface area contributed by atoms with E-state index in [-0.39, 0.29) is 22.3 Å². The number of nitrogens with zero attached hydrogens (tertiary/aromatic N) is 2. The van der Waals surface area contributed by atoms with Gasteiger partial charge in [-0.1, -0.05) is 18.2 Å². The second kappa shape index (κ2) is 9.87. The third-order valence-corrected chi connectivity index (χ3v) is 6.27. The second-order valence-electron chi connectivity index (χ2n) is 6.44. The lowest BCUT2D eigenvalue weighted by Crippen LogP contribution is -2.32. The third-order valence-electron chi connectivity index (χ3n) is 4.20. The van der Waals surface area contributed by atoms with E-state index in [1.165, 1.54) is 17.0 Å². The van der Waals surface area contributed by atoms with Crippen LogP contribution in [0.4, 0.5) is 11.4 Å². The number of sulfonamides is 1. The average molecular weight is 425 g/mol. The molecule has 0 aliphatic rings. The Bertz CT molecular complexity index is 905. The minimum Gasteiger partial charge on any atom is -0.379 e. The summed E-state index contributed by atoms with van der Waals surface area (Å²) in [7, 11) is 0.00301. The molecule has 10 heteroatoms. The van der Waals surface area contributed by atoms with Gasteiger partial charge in [0.15, 0.2) is 0 Å². The fourth-order valence-electron chi connectivity index (χ4n) is 2.56. The summed E-state index contributed by atoms with van der Waals surface area (Å²) in [5.74, 6) is 0.880. The van der Waals surface area contributed by atoms with Crippen LogP contribution < -0.4 is 10.5 Å². The molecule has 3 N–H and O–H groups in total. The molecule has 1 atom stereocenters. The van der Waals surface area contributed by atoms with E-state index in [0.29, 0.717) is 6.54 Å². The highest BCUT2D eigenvalue weighted by atomic mass is 32.2. The van der Waals surface area contributed by atoms with E-state index in [9.17, 15) is 18.5 Å². The lowest BCUT2D eigenvalue weighted by Gasteiger charge is -2.24. The molecule has 0 aliphatic heterocycles. The molecule has 152 valence electrons. The molecule has 0 radical (unpaired) electrons. The first-order valence-electron chi connectivity index (χ1n) is 8.58. The monoisotopic (exact) mass is 424 g/mol. The Morgan fingerprint density at radius 2 is 1.89 bits per heavy atom. The summed E-state index contributed by atoms with van der Waals surface area (Å²) >= 11 is 1.76. The Morgan fingerprint density at radius 3 is 2.46 bits per heavy atom. The minimum absolute atomic E-state index is 0.264. The van der Waals surface area contributed by atoms with Crippen molar-refractivity contribution in [3.8, 4) is 0 Å². The summed E-state index contributed by atoms with van der Waals surface area (Å²) in [5, 5.41) is 19.4. The molecule has 2 aromatic carbocycles. The number of primary sulfonamides is 1. The number of benzene rings is 2. The SMILES string of the molecule is CN(C)C(CCNc1ccc(S(N)(=O)=O)cc1[N+](=O)[O-])CSc1ccccc1. The molecule has 0 amide bonds. The number of nitrogens with one attached hydrogen (secondary N) is 1. The normalized spacial score (nSPS) is 12.7. The van der Waals surface area contributed by atoms with Crippen LogP contribution in [0.2, 0.25) is 0 Å². The predicted molar refractivity (Wildman–Crippen MR) is 112 cm³/mol. The van der Waals surface area contributed by atoms with Crippen molar-refractivity contribution < 1.29 is 13.3 Å². The number of nitro groups is 1. The van der Waals surface area contributed by atoms with E-state index in [0.717, 1.165) is 18.2 Å². The van der Waals surface area contributed by atoms with Crippen LogP contribution in [0.15, 0.2) is 58.3 Å². The summed E-state index contributed by atoms with van der Waals surface area (Å²) in [6, 6.07) is 14.0. The van der Waals surface area contributed by atoms with Gasteiger partial charge in [-0.2, -0.15) is 0 Å². The van der Waals surface area contributed by atoms with Gasteiger partial charge >= 0.3 is 0 Å². The smallest absolute Gasteiger partial charge is 0.293 e. The number of hydrogen-bond donors (Lipinski definition) is 2. The van der Waals surface area contributed by atoms with Crippen LogP contribution in [0.5, 0.6) is 0 Å². The van der Waals surface area contributed by atoms with Gasteiger partial charge in [-0.15, -0.1) is 11.8 Å². The Hall–Kier alpha value is -2.14. The van der Waals surface area contributed by atoms with Gasteiger partial charge in [-0.05, 0) is 44.8 Å². The van der Waals surface area contributed by atoms with Gasteiger partial charge < -0.3 is 10.2 Å². The number of thioether (sulfide) groups is 1. The molecule has 2 aromatic rings. The summed E-state index contributed by atoms with van der Waals surface area (Å²) in [5.41, 5.74) is -0.0443. The Kier molecular flexibility index (Phi) is 7.81. The van der Waals surface area contributed by atoms with Crippen molar-refractivity contribution in [1.29, 1.82) is 0 Å². The quantitative estimate of drug-likeness (QED) is 0.342. The van der Waals surface area contributed by atoms with E-state index in [2.05, 4.69) is 22.3 Å². The van der Waals surface area contributed by atoms with Crippen LogP contribution in [-0.4, -0.2) is 50.7 Å². The maximum Gasteiger partial charge on any atom is 0.293 e. The highest BCUT2D eigenvalue weighted by Crippen LogP contribution is 2.27. The van der Waals surface area contributed by atoms with Gasteiger partial charge in [0.2, 0.25) is 10.0 Å². The van der Waals surface area contributed by atoms with Crippen LogP contribution in [0.3, 0.4) is 0 Å². The van der Waals surface area contributed by atoms with Crippen molar-refractivity contribution in [2.75, 3.05) is 31.7 Å². The van der Waals surface area contributed by atoms with E-state index in [1.807, 2.05) is 32.3 Å². The molecule has 0 saturated heterocycles. The molecule has 28 heavy (non-hydrogen) atoms. The van der Waals surface area contributed by atoms with Crippen LogP contribution >= 0.6 is 11.8 Å². The molecule has 0 fully saturated rings. The Morgan fingerprint density at radius 1 is 1.21 bits per heavy atom. The van der Waals surface area contributed by atoms with Crippen LogP contribution in [0.25, 0.3) is 0 Å². The molecule has 2 rings (SSSR count). The third kappa shape index (κ3) is 6.48. The maximum atomic E-state index is 11.4. The van der Waals surface area contributed by atoms with Crippen molar-refractivity contribution in [1.82, 2.24) is 4.90 Å². The lowest BCUT2D eigenvalue weighted by molar-refractivity contribution is -0.384. The van der Waals surface area contributed by atoms with Crippen molar-refractivity contribution in [2.24, 2.45) is 5.14 Å². The van der Waals surface area contributed by atoms with Gasteiger partial charge in [0, 0.05) is 29.3 Å². The first-order chi connectivity index (χ1) is 13.2. The molecule has 0 aliphatic carbocycles. The zero-order valence-corrected chi connectivity index (χ0v) is 17.4. The maximum absolute atomic E-state index is 11.4. The summed E-state index contributed by atoms with van der Waals surface area (Å²) in [6.07, 6.45) is 0.765. The molecular formula is C18H24N4O4S2. The second-order valence-corrected chi connectivity index (χ2v) is 9.09. The number of nitro benzene ring substituents is 1. The summed E-state index contributed by atoms with van der Waals surface area (Å²) in [6.45, 7) is 0.508. The Balaban J connectivity index is 2.00. The van der Waals surface area contributed by atoms with Crippen molar-refractivity contribution in [3.63, 3.8) is 0 Å². The van der Waals surface area contributed by atoms with E-state index < -0.39 is 14.9 Å². The van der Waals surface area contributed by atoms with Crippen LogP contribution in [0, 0.1) is 10.1 Å². The highest BCUT2D eigenvalue weighted by molar-refractivity contribution is 7.99. The largest absolute Gasteiger partial charge is 0.379 e. The van der Waals surface area contributed by atoms with Gasteiger partial charge in [0.1, 0.15) is 5.69 Å². The van der Waals surface area contributed by atoms with Crippen molar-refractivity contribution in [3.05, 3.63) is 58.6 Å². The molecule has 0 saturated carbocycles. The minimum atomic E-state index is -4.00. The first kappa shape index (κ1) is 22.2. The van der Waals surface area contributed by atoms with Crippen molar-refractivity contribution >= 4 is 33.2 Å². The average Bonchev–Trinajstić information content (AvgIpc) is 2.64. The lowest BCUT2D eigenvalue weighted by atomic mass is 10.2. The molecule has 0 spiro atoms. The van der Waals surface area contributed by atoms with Crippen molar-refractivity contribution in [2.45, 2.75) is 22.3 Å². The summed E-state index contributed by atoms with van der Waals surface area (Å²) < 4.78 is 22.8. The van der Waals surface area contributed by atoms with E-state index in [1.54, 1.807) is 11.8 Å². The molecule has 1 unspecified atom stereocenters. The van der Waals surface area contributed by atoms with Crippen LogP contribution in [0.1, 0.15) is 6.42 Å².